The number of hydrogen-bond donors (Lipinski definition) is 1. The summed E-state index contributed by atoms with van der Waals surface area (Å²) in [7, 11) is 2.30. The summed E-state index contributed by atoms with van der Waals surface area (Å²) in [5.41, 5.74) is 2.06. The van der Waals surface area contributed by atoms with Gasteiger partial charge in [0.2, 0.25) is 11.6 Å². The van der Waals surface area contributed by atoms with Crippen LogP contribution < -0.4 is 5.32 Å². The van der Waals surface area contributed by atoms with Crippen LogP contribution in [-0.4, -0.2) is 47.1 Å². The van der Waals surface area contributed by atoms with Gasteiger partial charge in [0.1, 0.15) is 6.54 Å². The van der Waals surface area contributed by atoms with Crippen LogP contribution in [0, 0.1) is 13.8 Å². The summed E-state index contributed by atoms with van der Waals surface area (Å²) in [5.74, 6) is -2.12. The molecule has 1 aromatic carbocycles. The molecule has 0 bridgehead atoms. The molecule has 0 aliphatic carbocycles. The van der Waals surface area contributed by atoms with Gasteiger partial charge in [-0.1, -0.05) is 11.3 Å². The molecule has 0 saturated heterocycles. The average molecular weight is 346 g/mol. The van der Waals surface area contributed by atoms with E-state index in [0.717, 1.165) is 30.0 Å². The molecule has 0 saturated carbocycles. The van der Waals surface area contributed by atoms with Crippen LogP contribution in [0.1, 0.15) is 32.1 Å². The second-order valence-electron chi connectivity index (χ2n) is 5.35. The van der Waals surface area contributed by atoms with Gasteiger partial charge < -0.3 is 14.8 Å². The number of carbonyl (C=O) groups excluding carboxylic acids is 3. The number of anilines is 1. The Morgan fingerprint density at radius 1 is 1.04 bits per heavy atom. The number of esters is 2. The molecule has 0 aliphatic rings. The first kappa shape index (κ1) is 18.1. The number of carbonyl (C=O) groups is 3. The van der Waals surface area contributed by atoms with Gasteiger partial charge in [0.05, 0.1) is 14.2 Å². The first-order valence-electron chi connectivity index (χ1n) is 7.34. The summed E-state index contributed by atoms with van der Waals surface area (Å²) in [6.07, 6.45) is 0. The fourth-order valence-corrected chi connectivity index (χ4v) is 2.34. The number of nitrogens with zero attached hydrogens (tertiary/aromatic N) is 3. The zero-order chi connectivity index (χ0) is 18.6. The molecule has 9 nitrogen and oxygen atoms in total. The van der Waals surface area contributed by atoms with Crippen molar-refractivity contribution < 1.29 is 23.9 Å². The number of aromatic nitrogens is 3. The molecule has 25 heavy (non-hydrogen) atoms. The second-order valence-corrected chi connectivity index (χ2v) is 5.35. The zero-order valence-electron chi connectivity index (χ0n) is 14.3. The molecule has 0 unspecified atom stereocenters. The number of benzene rings is 1. The van der Waals surface area contributed by atoms with Crippen LogP contribution in [0.3, 0.4) is 0 Å². The quantitative estimate of drug-likeness (QED) is 0.807. The Labute approximate surface area is 143 Å². The van der Waals surface area contributed by atoms with Crippen LogP contribution in [0.15, 0.2) is 18.2 Å². The number of amides is 1. The Morgan fingerprint density at radius 3 is 2.20 bits per heavy atom. The minimum Gasteiger partial charge on any atom is -0.464 e. The van der Waals surface area contributed by atoms with Gasteiger partial charge in [-0.05, 0) is 37.1 Å². The predicted molar refractivity (Wildman–Crippen MR) is 87.2 cm³/mol. The van der Waals surface area contributed by atoms with E-state index in [1.54, 1.807) is 0 Å². The van der Waals surface area contributed by atoms with Crippen molar-refractivity contribution in [2.75, 3.05) is 19.5 Å². The first-order valence-corrected chi connectivity index (χ1v) is 7.34. The Balaban J connectivity index is 2.24. The SMILES string of the molecule is COC(=O)c1nnn(CC(=O)Nc2cc(C)cc(C)c2)c1C(=O)OC. The van der Waals surface area contributed by atoms with E-state index in [9.17, 15) is 14.4 Å². The number of nitrogens with one attached hydrogen (secondary N) is 1. The van der Waals surface area contributed by atoms with Gasteiger partial charge in [-0.25, -0.2) is 14.3 Å². The van der Waals surface area contributed by atoms with Crippen molar-refractivity contribution in [2.24, 2.45) is 0 Å². The average Bonchev–Trinajstić information content (AvgIpc) is 2.95. The first-order chi connectivity index (χ1) is 11.8. The molecule has 132 valence electrons. The molecule has 0 spiro atoms. The Kier molecular flexibility index (Phi) is 5.48. The van der Waals surface area contributed by atoms with Crippen molar-refractivity contribution in [2.45, 2.75) is 20.4 Å². The molecule has 1 aromatic heterocycles. The molecule has 0 atom stereocenters. The van der Waals surface area contributed by atoms with Gasteiger partial charge in [0.15, 0.2) is 5.69 Å². The van der Waals surface area contributed by atoms with E-state index in [0.29, 0.717) is 5.69 Å². The highest BCUT2D eigenvalue weighted by molar-refractivity contribution is 6.01. The van der Waals surface area contributed by atoms with E-state index in [2.05, 4.69) is 25.1 Å². The number of aryl methyl sites for hydroxylation is 2. The van der Waals surface area contributed by atoms with E-state index in [-0.39, 0.29) is 17.9 Å². The molecule has 1 amide bonds. The Bertz CT molecular complexity index is 808. The van der Waals surface area contributed by atoms with Crippen molar-refractivity contribution in [3.05, 3.63) is 40.7 Å². The molecule has 1 heterocycles. The maximum atomic E-state index is 12.2. The molecule has 2 aromatic rings. The van der Waals surface area contributed by atoms with Crippen LogP contribution in [0.4, 0.5) is 5.69 Å². The highest BCUT2D eigenvalue weighted by atomic mass is 16.5. The standard InChI is InChI=1S/C16H18N4O5/c1-9-5-10(2)7-11(6-9)17-12(21)8-20-14(16(23)25-4)13(18-19-20)15(22)24-3/h5-7H,8H2,1-4H3,(H,17,21). The summed E-state index contributed by atoms with van der Waals surface area (Å²) in [5, 5.41) is 9.99. The predicted octanol–water partition coefficient (Wildman–Crippen LogP) is 1.11. The van der Waals surface area contributed by atoms with Crippen LogP contribution >= 0.6 is 0 Å². The maximum absolute atomic E-state index is 12.2. The summed E-state index contributed by atoms with van der Waals surface area (Å²) < 4.78 is 10.2. The third-order valence-corrected chi connectivity index (χ3v) is 3.29. The summed E-state index contributed by atoms with van der Waals surface area (Å²) in [6, 6.07) is 5.60. The van der Waals surface area contributed by atoms with E-state index in [1.165, 1.54) is 0 Å². The molecular formula is C16H18N4O5. The minimum absolute atomic E-state index is 0.245. The van der Waals surface area contributed by atoms with Gasteiger partial charge >= 0.3 is 11.9 Å². The highest BCUT2D eigenvalue weighted by Gasteiger charge is 2.27. The molecule has 2 rings (SSSR count). The Morgan fingerprint density at radius 2 is 1.64 bits per heavy atom. The van der Waals surface area contributed by atoms with E-state index < -0.39 is 17.8 Å². The fraction of sp³-hybridized carbons (Fsp3) is 0.312. The van der Waals surface area contributed by atoms with Crippen molar-refractivity contribution in [3.63, 3.8) is 0 Å². The number of rotatable bonds is 5. The van der Waals surface area contributed by atoms with Crippen molar-refractivity contribution in [1.29, 1.82) is 0 Å². The lowest BCUT2D eigenvalue weighted by atomic mass is 10.1. The van der Waals surface area contributed by atoms with Gasteiger partial charge in [-0.2, -0.15) is 0 Å². The molecular weight excluding hydrogens is 328 g/mol. The monoisotopic (exact) mass is 346 g/mol. The summed E-state index contributed by atoms with van der Waals surface area (Å²) >= 11 is 0. The summed E-state index contributed by atoms with van der Waals surface area (Å²) in [4.78, 5) is 35.8. The number of hydrogen-bond acceptors (Lipinski definition) is 7. The largest absolute Gasteiger partial charge is 0.464 e. The van der Waals surface area contributed by atoms with Crippen LogP contribution in [0.5, 0.6) is 0 Å². The fourth-order valence-electron chi connectivity index (χ4n) is 2.34. The Hall–Kier alpha value is -3.23. The normalized spacial score (nSPS) is 10.2. The smallest absolute Gasteiger partial charge is 0.361 e. The van der Waals surface area contributed by atoms with Crippen molar-refractivity contribution in [3.8, 4) is 0 Å². The number of methoxy groups -OCH3 is 2. The zero-order valence-corrected chi connectivity index (χ0v) is 14.3. The van der Waals surface area contributed by atoms with Crippen LogP contribution in [-0.2, 0) is 20.8 Å². The van der Waals surface area contributed by atoms with Crippen molar-refractivity contribution in [1.82, 2.24) is 15.0 Å². The molecule has 9 heteroatoms. The lowest BCUT2D eigenvalue weighted by Gasteiger charge is -2.09. The third kappa shape index (κ3) is 4.19. The molecule has 0 aliphatic heterocycles. The lowest BCUT2D eigenvalue weighted by molar-refractivity contribution is -0.116. The van der Waals surface area contributed by atoms with Gasteiger partial charge in [-0.3, -0.25) is 4.79 Å². The highest BCUT2D eigenvalue weighted by Crippen LogP contribution is 2.14. The molecule has 0 fully saturated rings. The molecule has 1 N–H and O–H groups in total. The maximum Gasteiger partial charge on any atom is 0.361 e. The van der Waals surface area contributed by atoms with Gasteiger partial charge in [0, 0.05) is 5.69 Å². The van der Waals surface area contributed by atoms with Gasteiger partial charge in [-0.15, -0.1) is 5.10 Å². The molecule has 0 radical (unpaired) electrons. The van der Waals surface area contributed by atoms with Crippen LogP contribution in [0.25, 0.3) is 0 Å². The van der Waals surface area contributed by atoms with E-state index in [4.69, 9.17) is 0 Å². The lowest BCUT2D eigenvalue weighted by Crippen LogP contribution is -2.24. The van der Waals surface area contributed by atoms with Gasteiger partial charge in [0.25, 0.3) is 0 Å². The van der Waals surface area contributed by atoms with E-state index in [1.807, 2.05) is 32.0 Å². The van der Waals surface area contributed by atoms with Crippen molar-refractivity contribution >= 4 is 23.5 Å². The second kappa shape index (κ2) is 7.56. The summed E-state index contributed by atoms with van der Waals surface area (Å²) in [6.45, 7) is 3.51. The minimum atomic E-state index is -0.846. The third-order valence-electron chi connectivity index (χ3n) is 3.29. The van der Waals surface area contributed by atoms with Crippen LogP contribution in [0.2, 0.25) is 0 Å². The van der Waals surface area contributed by atoms with E-state index >= 15 is 0 Å². The topological polar surface area (TPSA) is 112 Å². The number of ether oxygens (including phenoxy) is 2.